The summed E-state index contributed by atoms with van der Waals surface area (Å²) >= 11 is 0. The van der Waals surface area contributed by atoms with Gasteiger partial charge in [-0.25, -0.2) is 0 Å². The molecule has 102 valence electrons. The van der Waals surface area contributed by atoms with Gasteiger partial charge in [0.25, 0.3) is 5.91 Å². The lowest BCUT2D eigenvalue weighted by atomic mass is 10.1. The minimum atomic E-state index is -0.190. The SMILES string of the molecule is COCc1cc(C(=O)N[C@@H]2CCCNC2)no1.Cl. The van der Waals surface area contributed by atoms with Gasteiger partial charge >= 0.3 is 0 Å². The number of halogens is 1. The van der Waals surface area contributed by atoms with Gasteiger partial charge < -0.3 is 19.9 Å². The molecule has 7 heteroatoms. The summed E-state index contributed by atoms with van der Waals surface area (Å²) in [4.78, 5) is 11.8. The number of hydrogen-bond acceptors (Lipinski definition) is 5. The van der Waals surface area contributed by atoms with Crippen LogP contribution in [-0.2, 0) is 11.3 Å². The van der Waals surface area contributed by atoms with Gasteiger partial charge in [0.15, 0.2) is 11.5 Å². The normalized spacial score (nSPS) is 19.1. The van der Waals surface area contributed by atoms with Crippen molar-refractivity contribution in [2.45, 2.75) is 25.5 Å². The average molecular weight is 276 g/mol. The Labute approximate surface area is 112 Å². The average Bonchev–Trinajstić information content (AvgIpc) is 2.79. The number of rotatable bonds is 4. The Morgan fingerprint density at radius 3 is 3.22 bits per heavy atom. The Hall–Kier alpha value is -1.11. The minimum absolute atomic E-state index is 0. The van der Waals surface area contributed by atoms with Crippen LogP contribution in [-0.4, -0.2) is 37.3 Å². The van der Waals surface area contributed by atoms with Gasteiger partial charge in [-0.05, 0) is 19.4 Å². The molecule has 1 aliphatic heterocycles. The molecule has 0 unspecified atom stereocenters. The molecule has 1 saturated heterocycles. The fraction of sp³-hybridized carbons (Fsp3) is 0.636. The van der Waals surface area contributed by atoms with E-state index in [1.807, 2.05) is 0 Å². The molecular formula is C11H18ClN3O3. The Bertz CT molecular complexity index is 377. The van der Waals surface area contributed by atoms with Crippen molar-refractivity contribution >= 4 is 18.3 Å². The van der Waals surface area contributed by atoms with E-state index in [0.29, 0.717) is 18.1 Å². The predicted octanol–water partition coefficient (Wildman–Crippen LogP) is 0.725. The van der Waals surface area contributed by atoms with E-state index in [1.54, 1.807) is 13.2 Å². The zero-order valence-electron chi connectivity index (χ0n) is 10.3. The van der Waals surface area contributed by atoms with Crippen molar-refractivity contribution in [2.75, 3.05) is 20.2 Å². The lowest BCUT2D eigenvalue weighted by Crippen LogP contribution is -2.45. The van der Waals surface area contributed by atoms with Gasteiger partial charge in [0.05, 0.1) is 0 Å². The van der Waals surface area contributed by atoms with Crippen LogP contribution in [0, 0.1) is 0 Å². The van der Waals surface area contributed by atoms with Gasteiger partial charge in [-0.1, -0.05) is 5.16 Å². The van der Waals surface area contributed by atoms with Crippen molar-refractivity contribution in [3.05, 3.63) is 17.5 Å². The number of carbonyl (C=O) groups is 1. The summed E-state index contributed by atoms with van der Waals surface area (Å²) in [6.45, 7) is 2.16. The largest absolute Gasteiger partial charge is 0.377 e. The first-order chi connectivity index (χ1) is 8.29. The minimum Gasteiger partial charge on any atom is -0.377 e. The number of nitrogens with one attached hydrogen (secondary N) is 2. The second kappa shape index (κ2) is 7.35. The van der Waals surface area contributed by atoms with Crippen LogP contribution in [0.2, 0.25) is 0 Å². The molecule has 1 atom stereocenters. The van der Waals surface area contributed by atoms with E-state index in [4.69, 9.17) is 9.26 Å². The van der Waals surface area contributed by atoms with Crippen LogP contribution in [0.4, 0.5) is 0 Å². The first kappa shape index (κ1) is 14.9. The van der Waals surface area contributed by atoms with Crippen molar-refractivity contribution in [3.63, 3.8) is 0 Å². The first-order valence-electron chi connectivity index (χ1n) is 5.75. The number of piperidine rings is 1. The van der Waals surface area contributed by atoms with E-state index in [9.17, 15) is 4.79 Å². The monoisotopic (exact) mass is 275 g/mol. The van der Waals surface area contributed by atoms with Crippen LogP contribution in [0.3, 0.4) is 0 Å². The second-order valence-electron chi connectivity index (χ2n) is 4.13. The molecule has 2 heterocycles. The highest BCUT2D eigenvalue weighted by atomic mass is 35.5. The summed E-state index contributed by atoms with van der Waals surface area (Å²) in [5, 5.41) is 9.88. The molecule has 1 aliphatic rings. The summed E-state index contributed by atoms with van der Waals surface area (Å²) in [5.41, 5.74) is 0.308. The number of ether oxygens (including phenoxy) is 1. The van der Waals surface area contributed by atoms with E-state index >= 15 is 0 Å². The molecule has 0 aromatic carbocycles. The number of amides is 1. The Morgan fingerprint density at radius 2 is 2.56 bits per heavy atom. The van der Waals surface area contributed by atoms with Crippen molar-refractivity contribution in [2.24, 2.45) is 0 Å². The summed E-state index contributed by atoms with van der Waals surface area (Å²) in [6, 6.07) is 1.79. The van der Waals surface area contributed by atoms with E-state index in [-0.39, 0.29) is 24.4 Å². The van der Waals surface area contributed by atoms with Crippen molar-refractivity contribution in [1.29, 1.82) is 0 Å². The molecule has 18 heavy (non-hydrogen) atoms. The van der Waals surface area contributed by atoms with Crippen LogP contribution in [0.25, 0.3) is 0 Å². The molecular weight excluding hydrogens is 258 g/mol. The molecule has 1 aromatic rings. The number of hydrogen-bond donors (Lipinski definition) is 2. The highest BCUT2D eigenvalue weighted by Gasteiger charge is 2.18. The number of methoxy groups -OCH3 is 1. The van der Waals surface area contributed by atoms with Crippen LogP contribution >= 0.6 is 12.4 Å². The molecule has 0 saturated carbocycles. The predicted molar refractivity (Wildman–Crippen MR) is 67.8 cm³/mol. The van der Waals surface area contributed by atoms with Crippen molar-refractivity contribution in [3.8, 4) is 0 Å². The second-order valence-corrected chi connectivity index (χ2v) is 4.13. The summed E-state index contributed by atoms with van der Waals surface area (Å²) < 4.78 is 9.86. The van der Waals surface area contributed by atoms with E-state index in [1.165, 1.54) is 0 Å². The molecule has 0 radical (unpaired) electrons. The lowest BCUT2D eigenvalue weighted by Gasteiger charge is -2.23. The van der Waals surface area contributed by atoms with Crippen LogP contribution < -0.4 is 10.6 Å². The zero-order chi connectivity index (χ0) is 12.1. The van der Waals surface area contributed by atoms with Crippen LogP contribution in [0.5, 0.6) is 0 Å². The molecule has 0 bridgehead atoms. The summed E-state index contributed by atoms with van der Waals surface area (Å²) in [7, 11) is 1.57. The number of aromatic nitrogens is 1. The van der Waals surface area contributed by atoms with Gasteiger partial charge in [0.1, 0.15) is 6.61 Å². The first-order valence-corrected chi connectivity index (χ1v) is 5.75. The van der Waals surface area contributed by atoms with E-state index in [0.717, 1.165) is 25.9 Å². The smallest absolute Gasteiger partial charge is 0.273 e. The summed E-state index contributed by atoms with van der Waals surface area (Å²) in [5.74, 6) is 0.365. The Kier molecular flexibility index (Phi) is 6.11. The fourth-order valence-electron chi connectivity index (χ4n) is 1.86. The van der Waals surface area contributed by atoms with Gasteiger partial charge in [-0.2, -0.15) is 0 Å². The standard InChI is InChI=1S/C11H17N3O3.ClH/c1-16-7-9-5-10(14-17-9)11(15)13-8-3-2-4-12-6-8;/h5,8,12H,2-4,6-7H2,1H3,(H,13,15);1H/t8-;/m1./s1. The number of nitrogens with zero attached hydrogens (tertiary/aromatic N) is 1. The lowest BCUT2D eigenvalue weighted by molar-refractivity contribution is 0.0920. The molecule has 6 nitrogen and oxygen atoms in total. The van der Waals surface area contributed by atoms with E-state index < -0.39 is 0 Å². The van der Waals surface area contributed by atoms with Crippen molar-refractivity contribution < 1.29 is 14.1 Å². The van der Waals surface area contributed by atoms with E-state index in [2.05, 4.69) is 15.8 Å². The third kappa shape index (κ3) is 3.97. The maximum atomic E-state index is 11.8. The molecule has 1 aromatic heterocycles. The molecule has 1 fully saturated rings. The van der Waals surface area contributed by atoms with Gasteiger partial charge in [0.2, 0.25) is 0 Å². The fourth-order valence-corrected chi connectivity index (χ4v) is 1.86. The third-order valence-corrected chi connectivity index (χ3v) is 2.71. The van der Waals surface area contributed by atoms with Crippen LogP contribution in [0.15, 0.2) is 10.6 Å². The molecule has 1 amide bonds. The molecule has 2 N–H and O–H groups in total. The topological polar surface area (TPSA) is 76.4 Å². The third-order valence-electron chi connectivity index (χ3n) is 2.71. The highest BCUT2D eigenvalue weighted by Crippen LogP contribution is 2.07. The van der Waals surface area contributed by atoms with Gasteiger partial charge in [-0.15, -0.1) is 12.4 Å². The molecule has 0 spiro atoms. The quantitative estimate of drug-likeness (QED) is 0.847. The van der Waals surface area contributed by atoms with Crippen LogP contribution in [0.1, 0.15) is 29.1 Å². The van der Waals surface area contributed by atoms with Gasteiger partial charge in [0, 0.05) is 25.8 Å². The highest BCUT2D eigenvalue weighted by molar-refractivity contribution is 5.92. The number of carbonyl (C=O) groups excluding carboxylic acids is 1. The molecule has 2 rings (SSSR count). The maximum absolute atomic E-state index is 11.8. The summed E-state index contributed by atoms with van der Waals surface area (Å²) in [6.07, 6.45) is 2.08. The maximum Gasteiger partial charge on any atom is 0.273 e. The Balaban J connectivity index is 0.00000162. The van der Waals surface area contributed by atoms with Gasteiger partial charge in [-0.3, -0.25) is 4.79 Å². The zero-order valence-corrected chi connectivity index (χ0v) is 11.1. The Morgan fingerprint density at radius 1 is 1.72 bits per heavy atom. The molecule has 0 aliphatic carbocycles. The van der Waals surface area contributed by atoms with Crippen molar-refractivity contribution in [1.82, 2.24) is 15.8 Å².